The number of benzene rings is 2. The molecule has 0 spiro atoms. The Morgan fingerprint density at radius 3 is 2.43 bits per heavy atom. The van der Waals surface area contributed by atoms with Crippen LogP contribution in [0, 0.1) is 12.7 Å². The van der Waals surface area contributed by atoms with Gasteiger partial charge in [-0.25, -0.2) is 16.8 Å². The summed E-state index contributed by atoms with van der Waals surface area (Å²) < 4.78 is 42.2. The van der Waals surface area contributed by atoms with Gasteiger partial charge >= 0.3 is 0 Å². The van der Waals surface area contributed by atoms with E-state index >= 15 is 0 Å². The van der Waals surface area contributed by atoms with Crippen molar-refractivity contribution >= 4 is 20.9 Å². The molecule has 144 valence electrons. The van der Waals surface area contributed by atoms with Crippen LogP contribution in [-0.2, 0) is 10.0 Å². The van der Waals surface area contributed by atoms with Gasteiger partial charge in [0.15, 0.2) is 0 Å². The minimum Gasteiger partial charge on any atom is -0.333 e. The molecule has 28 heavy (non-hydrogen) atoms. The molecule has 2 aromatic carbocycles. The van der Waals surface area contributed by atoms with E-state index in [1.807, 2.05) is 0 Å². The summed E-state index contributed by atoms with van der Waals surface area (Å²) in [5.74, 6) is -0.471. The number of rotatable bonds is 3. The molecule has 0 aliphatic rings. The van der Waals surface area contributed by atoms with Gasteiger partial charge in [-0.3, -0.25) is 4.98 Å². The van der Waals surface area contributed by atoms with Crippen molar-refractivity contribution in [3.8, 4) is 11.3 Å². The second-order valence-corrected chi connectivity index (χ2v) is 7.79. The van der Waals surface area contributed by atoms with E-state index in [0.717, 1.165) is 9.54 Å². The van der Waals surface area contributed by atoms with Crippen molar-refractivity contribution in [2.75, 3.05) is 7.05 Å². The summed E-state index contributed by atoms with van der Waals surface area (Å²) in [6, 6.07) is 16.3. The highest BCUT2D eigenvalue weighted by Gasteiger charge is 2.24. The maximum Gasteiger partial charge on any atom is 0.268 e. The zero-order chi connectivity index (χ0) is 20.3. The van der Waals surface area contributed by atoms with Gasteiger partial charge in [-0.1, -0.05) is 30.3 Å². The number of hydrogen-bond donors (Lipinski definition) is 1. The summed E-state index contributed by atoms with van der Waals surface area (Å²) in [7, 11) is -2.43. The zero-order valence-corrected chi connectivity index (χ0v) is 16.3. The first kappa shape index (κ1) is 19.7. The van der Waals surface area contributed by atoms with E-state index in [1.54, 1.807) is 55.5 Å². The lowest BCUT2D eigenvalue weighted by molar-refractivity contribution is 0.588. The highest BCUT2D eigenvalue weighted by molar-refractivity contribution is 7.90. The molecule has 0 saturated carbocycles. The Hall–Kier alpha value is -3.03. The van der Waals surface area contributed by atoms with Crippen molar-refractivity contribution in [3.05, 3.63) is 84.4 Å². The van der Waals surface area contributed by atoms with Crippen molar-refractivity contribution in [1.29, 1.82) is 0 Å². The van der Waals surface area contributed by atoms with Crippen LogP contribution in [0.25, 0.3) is 22.2 Å². The van der Waals surface area contributed by atoms with Crippen molar-refractivity contribution < 1.29 is 12.8 Å². The third-order valence-corrected chi connectivity index (χ3v) is 5.95. The highest BCUT2D eigenvalue weighted by atomic mass is 32.2. The maximum absolute atomic E-state index is 14.3. The minimum atomic E-state index is -3.93. The summed E-state index contributed by atoms with van der Waals surface area (Å²) in [4.78, 5) is 4.35. The Bertz CT molecular complexity index is 1230. The first-order valence-electron chi connectivity index (χ1n) is 8.59. The Balaban J connectivity index is 0.00000109. The van der Waals surface area contributed by atoms with Crippen molar-refractivity contribution in [3.63, 3.8) is 0 Å². The molecule has 0 aliphatic heterocycles. The third kappa shape index (κ3) is 3.42. The molecule has 0 atom stereocenters. The lowest BCUT2D eigenvalue weighted by atomic mass is 10.1. The fraction of sp³-hybridized carbons (Fsp3) is 0.0952. The first-order chi connectivity index (χ1) is 13.5. The van der Waals surface area contributed by atoms with Crippen molar-refractivity contribution in [2.45, 2.75) is 11.8 Å². The second-order valence-electron chi connectivity index (χ2n) is 6.01. The van der Waals surface area contributed by atoms with Gasteiger partial charge in [0.2, 0.25) is 0 Å². The number of nitrogens with two attached hydrogens (primary N) is 1. The molecule has 0 bridgehead atoms. The quantitative estimate of drug-likeness (QED) is 0.568. The lowest BCUT2D eigenvalue weighted by Gasteiger charge is -2.13. The van der Waals surface area contributed by atoms with E-state index in [2.05, 4.69) is 10.7 Å². The maximum atomic E-state index is 14.3. The van der Waals surface area contributed by atoms with E-state index in [1.165, 1.54) is 31.6 Å². The number of nitrogens with zero attached hydrogens (tertiary/aromatic N) is 2. The molecular formula is C21H20FN3O2S. The first-order valence-corrected chi connectivity index (χ1v) is 10.0. The number of para-hydroxylation sites is 1. The van der Waals surface area contributed by atoms with Gasteiger partial charge in [-0.15, -0.1) is 0 Å². The smallest absolute Gasteiger partial charge is 0.268 e. The number of hydrogen-bond acceptors (Lipinski definition) is 4. The molecule has 2 aromatic heterocycles. The summed E-state index contributed by atoms with van der Waals surface area (Å²) in [5.41, 5.74) is 6.35. The molecule has 2 heterocycles. The van der Waals surface area contributed by atoms with Gasteiger partial charge < -0.3 is 5.73 Å². The van der Waals surface area contributed by atoms with Crippen LogP contribution in [0.2, 0.25) is 0 Å². The van der Waals surface area contributed by atoms with E-state index in [9.17, 15) is 12.8 Å². The van der Waals surface area contributed by atoms with Crippen LogP contribution in [0.5, 0.6) is 0 Å². The SMILES string of the molecule is CN.Cc1cc(-c2ccccc2F)n(S(=O)(=O)c2ccnc3ccccc23)c1. The molecule has 0 amide bonds. The molecular weight excluding hydrogens is 377 g/mol. The standard InChI is InChI=1S/C20H15FN2O2S.CH5N/c1-14-12-19(15-6-2-4-8-17(15)21)23(13-14)26(24,25)20-10-11-22-18-9-5-3-7-16(18)20;1-2/h2-13H,1H3;2H2,1H3. The monoisotopic (exact) mass is 397 g/mol. The highest BCUT2D eigenvalue weighted by Crippen LogP contribution is 2.30. The summed E-state index contributed by atoms with van der Waals surface area (Å²) in [6.07, 6.45) is 2.97. The van der Waals surface area contributed by atoms with E-state index in [-0.39, 0.29) is 10.5 Å². The van der Waals surface area contributed by atoms with Gasteiger partial charge in [0, 0.05) is 23.3 Å². The van der Waals surface area contributed by atoms with Gasteiger partial charge in [-0.05, 0) is 49.9 Å². The Labute approximate surface area is 163 Å². The van der Waals surface area contributed by atoms with Crippen LogP contribution in [0.1, 0.15) is 5.56 Å². The molecule has 4 rings (SSSR count). The number of aryl methyl sites for hydroxylation is 1. The molecule has 0 fully saturated rings. The number of halogens is 1. The van der Waals surface area contributed by atoms with Gasteiger partial charge in [-0.2, -0.15) is 0 Å². The molecule has 5 nitrogen and oxygen atoms in total. The fourth-order valence-electron chi connectivity index (χ4n) is 3.04. The summed E-state index contributed by atoms with van der Waals surface area (Å²) in [5, 5.41) is 0.529. The number of pyridine rings is 1. The van der Waals surface area contributed by atoms with Crippen molar-refractivity contribution in [1.82, 2.24) is 8.96 Å². The van der Waals surface area contributed by atoms with Crippen LogP contribution in [0.4, 0.5) is 4.39 Å². The molecule has 0 saturated heterocycles. The van der Waals surface area contributed by atoms with E-state index < -0.39 is 15.8 Å². The van der Waals surface area contributed by atoms with Crippen molar-refractivity contribution in [2.24, 2.45) is 5.73 Å². The topological polar surface area (TPSA) is 78.0 Å². The number of aromatic nitrogens is 2. The molecule has 0 aliphatic carbocycles. The molecule has 7 heteroatoms. The minimum absolute atomic E-state index is 0.135. The predicted octanol–water partition coefficient (Wildman–Crippen LogP) is 3.96. The molecule has 2 N–H and O–H groups in total. The average molecular weight is 397 g/mol. The van der Waals surface area contributed by atoms with Crippen LogP contribution >= 0.6 is 0 Å². The van der Waals surface area contributed by atoms with E-state index in [4.69, 9.17) is 0 Å². The lowest BCUT2D eigenvalue weighted by Crippen LogP contribution is -2.14. The third-order valence-electron chi connectivity index (χ3n) is 4.22. The van der Waals surface area contributed by atoms with Crippen LogP contribution in [0.3, 0.4) is 0 Å². The summed E-state index contributed by atoms with van der Waals surface area (Å²) in [6.45, 7) is 1.78. The Morgan fingerprint density at radius 1 is 1.00 bits per heavy atom. The predicted molar refractivity (Wildman–Crippen MR) is 109 cm³/mol. The average Bonchev–Trinajstić information content (AvgIpc) is 3.12. The normalized spacial score (nSPS) is 11.1. The van der Waals surface area contributed by atoms with Crippen LogP contribution < -0.4 is 5.73 Å². The largest absolute Gasteiger partial charge is 0.333 e. The fourth-order valence-corrected chi connectivity index (χ4v) is 4.65. The molecule has 0 radical (unpaired) electrons. The van der Waals surface area contributed by atoms with E-state index in [0.29, 0.717) is 16.6 Å². The Morgan fingerprint density at radius 2 is 1.68 bits per heavy atom. The van der Waals surface area contributed by atoms with Gasteiger partial charge in [0.05, 0.1) is 16.1 Å². The van der Waals surface area contributed by atoms with Crippen LogP contribution in [-0.4, -0.2) is 24.4 Å². The second kappa shape index (κ2) is 7.92. The summed E-state index contributed by atoms with van der Waals surface area (Å²) >= 11 is 0. The Kier molecular flexibility index (Phi) is 5.58. The van der Waals surface area contributed by atoms with Gasteiger partial charge in [0.25, 0.3) is 10.0 Å². The van der Waals surface area contributed by atoms with Crippen LogP contribution in [0.15, 0.2) is 78.0 Å². The van der Waals surface area contributed by atoms with Gasteiger partial charge in [0.1, 0.15) is 5.82 Å². The zero-order valence-electron chi connectivity index (χ0n) is 15.5. The number of fused-ring (bicyclic) bond motifs is 1. The molecule has 0 unspecified atom stereocenters. The molecule has 4 aromatic rings.